The fraction of sp³-hybridized carbons (Fsp3) is 0.154. The monoisotopic (exact) mass is 231 g/mol. The number of carbonyl (C=O) groups excluding carboxylic acids is 1. The lowest BCUT2D eigenvalue weighted by molar-refractivity contribution is 0.0526. The van der Waals surface area contributed by atoms with Gasteiger partial charge >= 0.3 is 5.97 Å². The molecule has 0 aliphatic heterocycles. The van der Waals surface area contributed by atoms with Crippen LogP contribution in [0.1, 0.15) is 17.3 Å². The van der Waals surface area contributed by atoms with Crippen molar-refractivity contribution in [3.63, 3.8) is 0 Å². The van der Waals surface area contributed by atoms with Gasteiger partial charge < -0.3 is 14.8 Å². The van der Waals surface area contributed by atoms with E-state index in [-0.39, 0.29) is 5.75 Å². The molecule has 0 aliphatic rings. The fourth-order valence-corrected chi connectivity index (χ4v) is 1.60. The zero-order valence-corrected chi connectivity index (χ0v) is 9.43. The zero-order valence-electron chi connectivity index (χ0n) is 9.43. The van der Waals surface area contributed by atoms with Gasteiger partial charge in [0.15, 0.2) is 0 Å². The molecular formula is C13H13NO3. The Labute approximate surface area is 98.9 Å². The summed E-state index contributed by atoms with van der Waals surface area (Å²) in [7, 11) is 0. The van der Waals surface area contributed by atoms with E-state index in [2.05, 4.69) is 4.98 Å². The molecule has 0 spiro atoms. The highest BCUT2D eigenvalue weighted by Gasteiger charge is 2.11. The van der Waals surface area contributed by atoms with E-state index in [4.69, 9.17) is 4.74 Å². The minimum Gasteiger partial charge on any atom is -0.507 e. The first-order chi connectivity index (χ1) is 8.22. The highest BCUT2D eigenvalue weighted by molar-refractivity contribution is 5.91. The van der Waals surface area contributed by atoms with Crippen molar-refractivity contribution >= 4 is 5.97 Å². The molecule has 17 heavy (non-hydrogen) atoms. The minimum absolute atomic E-state index is 0.0537. The second kappa shape index (κ2) is 4.74. The van der Waals surface area contributed by atoms with Crippen LogP contribution in [0.2, 0.25) is 0 Å². The SMILES string of the molecule is CCOC(=O)c1ccc(-c2ccc[nH]2)c(O)c1. The molecular weight excluding hydrogens is 218 g/mol. The molecule has 0 fully saturated rings. The van der Waals surface area contributed by atoms with E-state index in [1.54, 1.807) is 25.3 Å². The molecule has 0 unspecified atom stereocenters. The van der Waals surface area contributed by atoms with Crippen LogP contribution in [0.25, 0.3) is 11.3 Å². The Morgan fingerprint density at radius 3 is 2.82 bits per heavy atom. The summed E-state index contributed by atoms with van der Waals surface area (Å²) in [5.41, 5.74) is 1.81. The van der Waals surface area contributed by atoms with Gasteiger partial charge in [0.1, 0.15) is 5.75 Å². The van der Waals surface area contributed by atoms with Crippen molar-refractivity contribution in [3.05, 3.63) is 42.1 Å². The maximum absolute atomic E-state index is 11.5. The standard InChI is InChI=1S/C13H13NO3/c1-2-17-13(16)9-5-6-10(12(15)8-9)11-4-3-7-14-11/h3-8,14-15H,2H2,1H3. The third kappa shape index (κ3) is 2.30. The number of esters is 1. The van der Waals surface area contributed by atoms with Crippen molar-refractivity contribution in [2.45, 2.75) is 6.92 Å². The third-order valence-corrected chi connectivity index (χ3v) is 2.40. The largest absolute Gasteiger partial charge is 0.507 e. The number of H-pyrrole nitrogens is 1. The van der Waals surface area contributed by atoms with Gasteiger partial charge in [0, 0.05) is 17.5 Å². The smallest absolute Gasteiger partial charge is 0.338 e. The number of hydrogen-bond donors (Lipinski definition) is 2. The van der Waals surface area contributed by atoms with Gasteiger partial charge in [0.25, 0.3) is 0 Å². The van der Waals surface area contributed by atoms with Crippen LogP contribution in [0.4, 0.5) is 0 Å². The number of aromatic hydroxyl groups is 1. The molecule has 0 radical (unpaired) electrons. The van der Waals surface area contributed by atoms with E-state index in [1.807, 2.05) is 12.1 Å². The first-order valence-corrected chi connectivity index (χ1v) is 5.36. The number of hydrogen-bond acceptors (Lipinski definition) is 3. The van der Waals surface area contributed by atoms with E-state index in [0.29, 0.717) is 17.7 Å². The Balaban J connectivity index is 2.32. The minimum atomic E-state index is -0.430. The Kier molecular flexibility index (Phi) is 3.14. The lowest BCUT2D eigenvalue weighted by Gasteiger charge is -2.05. The molecule has 2 aromatic rings. The summed E-state index contributed by atoms with van der Waals surface area (Å²) in [5, 5.41) is 9.85. The Morgan fingerprint density at radius 1 is 1.41 bits per heavy atom. The molecule has 0 aliphatic carbocycles. The van der Waals surface area contributed by atoms with Gasteiger partial charge in [-0.2, -0.15) is 0 Å². The van der Waals surface area contributed by atoms with Gasteiger partial charge in [-0.1, -0.05) is 0 Å². The molecule has 88 valence electrons. The Morgan fingerprint density at radius 2 is 2.24 bits per heavy atom. The average Bonchev–Trinajstić information content (AvgIpc) is 2.82. The van der Waals surface area contributed by atoms with E-state index < -0.39 is 5.97 Å². The van der Waals surface area contributed by atoms with Crippen LogP contribution in [0.5, 0.6) is 5.75 Å². The van der Waals surface area contributed by atoms with E-state index in [1.165, 1.54) is 6.07 Å². The molecule has 4 heteroatoms. The van der Waals surface area contributed by atoms with Crippen molar-refractivity contribution in [1.29, 1.82) is 0 Å². The van der Waals surface area contributed by atoms with Crippen molar-refractivity contribution in [1.82, 2.24) is 4.98 Å². The summed E-state index contributed by atoms with van der Waals surface area (Å²) >= 11 is 0. The van der Waals surface area contributed by atoms with Gasteiger partial charge in [-0.3, -0.25) is 0 Å². The summed E-state index contributed by atoms with van der Waals surface area (Å²) in [6.07, 6.45) is 1.77. The number of carbonyl (C=O) groups is 1. The molecule has 1 heterocycles. The number of phenols is 1. The number of ether oxygens (including phenoxy) is 1. The predicted octanol–water partition coefficient (Wildman–Crippen LogP) is 2.56. The second-order valence-corrected chi connectivity index (χ2v) is 3.54. The average molecular weight is 231 g/mol. The summed E-state index contributed by atoms with van der Waals surface area (Å²) in [6, 6.07) is 8.42. The van der Waals surface area contributed by atoms with Crippen molar-refractivity contribution in [2.75, 3.05) is 6.61 Å². The molecule has 4 nitrogen and oxygen atoms in total. The van der Waals surface area contributed by atoms with Gasteiger partial charge in [-0.15, -0.1) is 0 Å². The Bertz CT molecular complexity index is 517. The first kappa shape index (κ1) is 11.3. The van der Waals surface area contributed by atoms with Crippen LogP contribution < -0.4 is 0 Å². The van der Waals surface area contributed by atoms with Gasteiger partial charge in [-0.05, 0) is 37.3 Å². The zero-order chi connectivity index (χ0) is 12.3. The molecule has 1 aromatic carbocycles. The van der Waals surface area contributed by atoms with Crippen LogP contribution in [-0.4, -0.2) is 22.7 Å². The Hall–Kier alpha value is -2.23. The maximum atomic E-state index is 11.5. The van der Waals surface area contributed by atoms with E-state index in [0.717, 1.165) is 5.69 Å². The van der Waals surface area contributed by atoms with Crippen molar-refractivity contribution in [3.8, 4) is 17.0 Å². The molecule has 0 atom stereocenters. The predicted molar refractivity (Wildman–Crippen MR) is 63.9 cm³/mol. The quantitative estimate of drug-likeness (QED) is 0.798. The second-order valence-electron chi connectivity index (χ2n) is 3.54. The molecule has 2 N–H and O–H groups in total. The molecule has 1 aromatic heterocycles. The van der Waals surface area contributed by atoms with Crippen molar-refractivity contribution < 1.29 is 14.6 Å². The van der Waals surface area contributed by atoms with Crippen LogP contribution >= 0.6 is 0 Å². The maximum Gasteiger partial charge on any atom is 0.338 e. The van der Waals surface area contributed by atoms with Gasteiger partial charge in [-0.25, -0.2) is 4.79 Å². The highest BCUT2D eigenvalue weighted by Crippen LogP contribution is 2.28. The topological polar surface area (TPSA) is 62.3 Å². The number of benzene rings is 1. The molecule has 2 rings (SSSR count). The van der Waals surface area contributed by atoms with Crippen LogP contribution in [0, 0.1) is 0 Å². The summed E-state index contributed by atoms with van der Waals surface area (Å²) in [5.74, 6) is -0.376. The number of phenolic OH excluding ortho intramolecular Hbond substituents is 1. The molecule has 0 bridgehead atoms. The molecule has 0 amide bonds. The summed E-state index contributed by atoms with van der Waals surface area (Å²) < 4.78 is 4.86. The van der Waals surface area contributed by atoms with Gasteiger partial charge in [0.2, 0.25) is 0 Å². The number of nitrogens with one attached hydrogen (secondary N) is 1. The number of aromatic nitrogens is 1. The van der Waals surface area contributed by atoms with Crippen molar-refractivity contribution in [2.24, 2.45) is 0 Å². The normalized spacial score (nSPS) is 10.2. The highest BCUT2D eigenvalue weighted by atomic mass is 16.5. The van der Waals surface area contributed by atoms with E-state index in [9.17, 15) is 9.90 Å². The summed E-state index contributed by atoms with van der Waals surface area (Å²) in [4.78, 5) is 14.4. The lowest BCUT2D eigenvalue weighted by Crippen LogP contribution is -2.04. The molecule has 0 saturated carbocycles. The van der Waals surface area contributed by atoms with E-state index >= 15 is 0 Å². The number of rotatable bonds is 3. The third-order valence-electron chi connectivity index (χ3n) is 2.40. The number of aromatic amines is 1. The molecule has 0 saturated heterocycles. The fourth-order valence-electron chi connectivity index (χ4n) is 1.60. The first-order valence-electron chi connectivity index (χ1n) is 5.36. The van der Waals surface area contributed by atoms with Crippen LogP contribution in [-0.2, 0) is 4.74 Å². The lowest BCUT2D eigenvalue weighted by atomic mass is 10.1. The van der Waals surface area contributed by atoms with Gasteiger partial charge in [0.05, 0.1) is 12.2 Å². The van der Waals surface area contributed by atoms with Crippen LogP contribution in [0.15, 0.2) is 36.5 Å². The summed E-state index contributed by atoms with van der Waals surface area (Å²) in [6.45, 7) is 2.06. The van der Waals surface area contributed by atoms with Crippen LogP contribution in [0.3, 0.4) is 0 Å².